The van der Waals surface area contributed by atoms with Crippen molar-refractivity contribution >= 4 is 18.1 Å². The fraction of sp³-hybridized carbons (Fsp3) is 0.176. The molecule has 0 spiro atoms. The molecular weight excluding hydrogens is 342 g/mol. The standard InChI is InChI=1S/C17H16F2N6O/c18-12-2-1-10(13(19)5-12)6-22-7-11-8-25(9-14(11)20)17-23-4-3-15(24-17)16(21)26/h1-5,7H,6,8-9,20H2,(H2,21,26). The zero-order valence-corrected chi connectivity index (χ0v) is 13.7. The molecule has 0 saturated heterocycles. The van der Waals surface area contributed by atoms with Crippen LogP contribution in [0.3, 0.4) is 0 Å². The van der Waals surface area contributed by atoms with Gasteiger partial charge in [0.2, 0.25) is 5.95 Å². The molecule has 9 heteroatoms. The average molecular weight is 358 g/mol. The SMILES string of the molecule is NC(=O)c1ccnc(N2CC(N)=C(C=NCc3ccc(F)cc3F)C2)n1. The van der Waals surface area contributed by atoms with E-state index in [4.69, 9.17) is 11.5 Å². The van der Waals surface area contributed by atoms with Crippen LogP contribution >= 0.6 is 0 Å². The first-order valence-corrected chi connectivity index (χ1v) is 7.73. The summed E-state index contributed by atoms with van der Waals surface area (Å²) in [6, 6.07) is 4.78. The average Bonchev–Trinajstić information content (AvgIpc) is 2.98. The van der Waals surface area contributed by atoms with Crippen LogP contribution in [0.5, 0.6) is 0 Å². The Morgan fingerprint density at radius 1 is 1.31 bits per heavy atom. The van der Waals surface area contributed by atoms with E-state index in [2.05, 4.69) is 15.0 Å². The molecule has 3 rings (SSSR count). The van der Waals surface area contributed by atoms with E-state index in [1.54, 1.807) is 11.1 Å². The Morgan fingerprint density at radius 2 is 2.12 bits per heavy atom. The molecule has 0 aliphatic carbocycles. The topological polar surface area (TPSA) is 110 Å². The van der Waals surface area contributed by atoms with Crippen molar-refractivity contribution in [3.63, 3.8) is 0 Å². The molecule has 0 saturated carbocycles. The number of carbonyl (C=O) groups is 1. The summed E-state index contributed by atoms with van der Waals surface area (Å²) in [7, 11) is 0. The Balaban J connectivity index is 1.67. The minimum absolute atomic E-state index is 0.0660. The molecule has 1 aromatic heterocycles. The Hall–Kier alpha value is -3.36. The summed E-state index contributed by atoms with van der Waals surface area (Å²) in [6.07, 6.45) is 3.00. The summed E-state index contributed by atoms with van der Waals surface area (Å²) in [5.41, 5.74) is 12.9. The molecule has 1 aliphatic rings. The molecule has 1 amide bonds. The van der Waals surface area contributed by atoms with E-state index in [1.807, 2.05) is 0 Å². The lowest BCUT2D eigenvalue weighted by molar-refractivity contribution is 0.0995. The van der Waals surface area contributed by atoms with Crippen LogP contribution < -0.4 is 16.4 Å². The molecule has 2 heterocycles. The summed E-state index contributed by atoms with van der Waals surface area (Å²) in [5.74, 6) is -1.59. The highest BCUT2D eigenvalue weighted by Gasteiger charge is 2.21. The van der Waals surface area contributed by atoms with E-state index in [1.165, 1.54) is 24.4 Å². The van der Waals surface area contributed by atoms with Gasteiger partial charge in [0.15, 0.2) is 0 Å². The van der Waals surface area contributed by atoms with Crippen LogP contribution in [0.2, 0.25) is 0 Å². The molecule has 7 nitrogen and oxygen atoms in total. The number of amides is 1. The number of nitrogens with zero attached hydrogens (tertiary/aromatic N) is 4. The van der Waals surface area contributed by atoms with Crippen molar-refractivity contribution in [1.82, 2.24) is 9.97 Å². The third kappa shape index (κ3) is 3.82. The molecule has 0 fully saturated rings. The van der Waals surface area contributed by atoms with Crippen molar-refractivity contribution in [2.45, 2.75) is 6.54 Å². The second-order valence-electron chi connectivity index (χ2n) is 5.72. The number of rotatable bonds is 5. The van der Waals surface area contributed by atoms with E-state index >= 15 is 0 Å². The largest absolute Gasteiger partial charge is 0.400 e. The van der Waals surface area contributed by atoms with Gasteiger partial charge in [0.25, 0.3) is 5.91 Å². The zero-order chi connectivity index (χ0) is 18.7. The smallest absolute Gasteiger partial charge is 0.267 e. The maximum atomic E-state index is 13.6. The van der Waals surface area contributed by atoms with Crippen LogP contribution in [0.25, 0.3) is 0 Å². The lowest BCUT2D eigenvalue weighted by Gasteiger charge is -2.15. The molecule has 2 aromatic rings. The molecule has 0 bridgehead atoms. The lowest BCUT2D eigenvalue weighted by Crippen LogP contribution is -2.25. The summed E-state index contributed by atoms with van der Waals surface area (Å²) >= 11 is 0. The molecule has 1 aromatic carbocycles. The fourth-order valence-corrected chi connectivity index (χ4v) is 2.48. The molecule has 134 valence electrons. The number of primary amides is 1. The normalized spacial score (nSPS) is 14.5. The van der Waals surface area contributed by atoms with Gasteiger partial charge in [-0.25, -0.2) is 18.7 Å². The quantitative estimate of drug-likeness (QED) is 0.779. The summed E-state index contributed by atoms with van der Waals surface area (Å²) in [4.78, 5) is 25.4. The van der Waals surface area contributed by atoms with Crippen molar-refractivity contribution in [3.8, 4) is 0 Å². The molecule has 0 atom stereocenters. The van der Waals surface area contributed by atoms with Gasteiger partial charge >= 0.3 is 0 Å². The molecule has 0 radical (unpaired) electrons. The highest BCUT2D eigenvalue weighted by molar-refractivity contribution is 5.91. The molecule has 4 N–H and O–H groups in total. The number of hydrogen-bond acceptors (Lipinski definition) is 6. The van der Waals surface area contributed by atoms with Crippen LogP contribution in [0.1, 0.15) is 16.1 Å². The summed E-state index contributed by atoms with van der Waals surface area (Å²) in [5, 5.41) is 0. The second kappa shape index (κ2) is 7.26. The van der Waals surface area contributed by atoms with E-state index in [0.29, 0.717) is 24.7 Å². The van der Waals surface area contributed by atoms with Gasteiger partial charge < -0.3 is 16.4 Å². The molecule has 0 unspecified atom stereocenters. The first kappa shape index (κ1) is 17.5. The van der Waals surface area contributed by atoms with Gasteiger partial charge in [0.1, 0.15) is 17.3 Å². The maximum absolute atomic E-state index is 13.6. The Kier molecular flexibility index (Phi) is 4.87. The van der Waals surface area contributed by atoms with Crippen molar-refractivity contribution in [2.75, 3.05) is 18.0 Å². The molecule has 1 aliphatic heterocycles. The number of halogens is 2. The van der Waals surface area contributed by atoms with Gasteiger partial charge in [-0.3, -0.25) is 9.79 Å². The predicted octanol–water partition coefficient (Wildman–Crippen LogP) is 1.16. The van der Waals surface area contributed by atoms with Gasteiger partial charge in [-0.1, -0.05) is 6.07 Å². The van der Waals surface area contributed by atoms with Crippen LogP contribution in [-0.4, -0.2) is 35.2 Å². The highest BCUT2D eigenvalue weighted by atomic mass is 19.1. The van der Waals surface area contributed by atoms with E-state index in [-0.39, 0.29) is 17.8 Å². The number of nitrogens with two attached hydrogens (primary N) is 2. The zero-order valence-electron chi connectivity index (χ0n) is 13.7. The maximum Gasteiger partial charge on any atom is 0.267 e. The van der Waals surface area contributed by atoms with Gasteiger partial charge in [-0.2, -0.15) is 0 Å². The van der Waals surface area contributed by atoms with Crippen LogP contribution in [0.15, 0.2) is 46.7 Å². The van der Waals surface area contributed by atoms with Gasteiger partial charge in [0.05, 0.1) is 13.1 Å². The highest BCUT2D eigenvalue weighted by Crippen LogP contribution is 2.18. The second-order valence-corrected chi connectivity index (χ2v) is 5.72. The van der Waals surface area contributed by atoms with E-state index in [0.717, 1.165) is 11.6 Å². The van der Waals surface area contributed by atoms with Crippen LogP contribution in [0, 0.1) is 11.6 Å². The van der Waals surface area contributed by atoms with E-state index < -0.39 is 17.5 Å². The van der Waals surface area contributed by atoms with Crippen LogP contribution in [0.4, 0.5) is 14.7 Å². The van der Waals surface area contributed by atoms with Gasteiger partial charge in [0, 0.05) is 41.9 Å². The summed E-state index contributed by atoms with van der Waals surface area (Å²) < 4.78 is 26.5. The minimum atomic E-state index is -0.645. The first-order valence-electron chi connectivity index (χ1n) is 7.73. The number of hydrogen-bond donors (Lipinski definition) is 2. The number of benzene rings is 1. The van der Waals surface area contributed by atoms with Gasteiger partial charge in [-0.05, 0) is 12.1 Å². The fourth-order valence-electron chi connectivity index (χ4n) is 2.48. The van der Waals surface area contributed by atoms with Crippen molar-refractivity contribution in [3.05, 3.63) is 64.6 Å². The predicted molar refractivity (Wildman–Crippen MR) is 92.5 cm³/mol. The van der Waals surface area contributed by atoms with E-state index in [9.17, 15) is 13.6 Å². The van der Waals surface area contributed by atoms with Crippen molar-refractivity contribution in [1.29, 1.82) is 0 Å². The number of aromatic nitrogens is 2. The molecular formula is C17H16F2N6O. The number of aliphatic imine (C=N–C) groups is 1. The van der Waals surface area contributed by atoms with Crippen LogP contribution in [-0.2, 0) is 6.54 Å². The Morgan fingerprint density at radius 3 is 2.85 bits per heavy atom. The van der Waals surface area contributed by atoms with Crippen molar-refractivity contribution < 1.29 is 13.6 Å². The molecule has 26 heavy (non-hydrogen) atoms. The minimum Gasteiger partial charge on any atom is -0.400 e. The monoisotopic (exact) mass is 358 g/mol. The first-order chi connectivity index (χ1) is 12.4. The number of carbonyl (C=O) groups excluding carboxylic acids is 1. The third-order valence-corrected chi connectivity index (χ3v) is 3.84. The van der Waals surface area contributed by atoms with Crippen molar-refractivity contribution in [2.24, 2.45) is 16.5 Å². The van der Waals surface area contributed by atoms with Gasteiger partial charge in [-0.15, -0.1) is 0 Å². The number of anilines is 1. The third-order valence-electron chi connectivity index (χ3n) is 3.84. The Bertz CT molecular complexity index is 912. The lowest BCUT2D eigenvalue weighted by atomic mass is 10.2. The Labute approximate surface area is 148 Å². The summed E-state index contributed by atoms with van der Waals surface area (Å²) in [6.45, 7) is 0.828.